The summed E-state index contributed by atoms with van der Waals surface area (Å²) >= 11 is 0. The molecule has 1 rings (SSSR count). The van der Waals surface area contributed by atoms with Crippen LogP contribution in [0, 0.1) is 11.3 Å². The SMILES string of the molecule is COc1ccc(C(C)C=O)cc1C#N. The Balaban J connectivity index is 3.15. The first-order valence-corrected chi connectivity index (χ1v) is 4.26. The number of carbonyl (C=O) groups excluding carboxylic acids is 1. The van der Waals surface area contributed by atoms with Gasteiger partial charge in [0.25, 0.3) is 0 Å². The van der Waals surface area contributed by atoms with Crippen LogP contribution >= 0.6 is 0 Å². The number of hydrogen-bond donors (Lipinski definition) is 0. The van der Waals surface area contributed by atoms with Gasteiger partial charge in [-0.2, -0.15) is 5.26 Å². The van der Waals surface area contributed by atoms with Crippen LogP contribution in [0.2, 0.25) is 0 Å². The Morgan fingerprint density at radius 3 is 2.79 bits per heavy atom. The molecule has 0 aliphatic carbocycles. The van der Waals surface area contributed by atoms with Crippen molar-refractivity contribution in [1.29, 1.82) is 5.26 Å². The highest BCUT2D eigenvalue weighted by atomic mass is 16.5. The van der Waals surface area contributed by atoms with Crippen LogP contribution in [0.15, 0.2) is 18.2 Å². The number of aldehydes is 1. The van der Waals surface area contributed by atoms with Gasteiger partial charge in [0.2, 0.25) is 0 Å². The van der Waals surface area contributed by atoms with Gasteiger partial charge in [-0.3, -0.25) is 0 Å². The van der Waals surface area contributed by atoms with Gasteiger partial charge in [-0.05, 0) is 17.7 Å². The van der Waals surface area contributed by atoms with Crippen molar-refractivity contribution in [2.75, 3.05) is 7.11 Å². The second-order valence-electron chi connectivity index (χ2n) is 3.00. The molecule has 0 amide bonds. The zero-order valence-electron chi connectivity index (χ0n) is 8.15. The van der Waals surface area contributed by atoms with E-state index in [9.17, 15) is 4.79 Å². The molecule has 0 aliphatic rings. The zero-order chi connectivity index (χ0) is 10.6. The zero-order valence-corrected chi connectivity index (χ0v) is 8.15. The molecule has 0 radical (unpaired) electrons. The maximum absolute atomic E-state index is 10.5. The molecule has 3 nitrogen and oxygen atoms in total. The van der Waals surface area contributed by atoms with E-state index >= 15 is 0 Å². The number of carbonyl (C=O) groups is 1. The van der Waals surface area contributed by atoms with Crippen molar-refractivity contribution < 1.29 is 9.53 Å². The highest BCUT2D eigenvalue weighted by Gasteiger charge is 2.08. The fourth-order valence-corrected chi connectivity index (χ4v) is 1.17. The maximum Gasteiger partial charge on any atom is 0.136 e. The first-order chi connectivity index (χ1) is 6.72. The van der Waals surface area contributed by atoms with Crippen LogP contribution < -0.4 is 4.74 Å². The molecule has 72 valence electrons. The van der Waals surface area contributed by atoms with Gasteiger partial charge in [-0.15, -0.1) is 0 Å². The third-order valence-electron chi connectivity index (χ3n) is 2.07. The molecule has 0 spiro atoms. The highest BCUT2D eigenvalue weighted by molar-refractivity contribution is 5.62. The first-order valence-electron chi connectivity index (χ1n) is 4.26. The van der Waals surface area contributed by atoms with Crippen molar-refractivity contribution in [1.82, 2.24) is 0 Å². The lowest BCUT2D eigenvalue weighted by atomic mass is 10.0. The second kappa shape index (κ2) is 4.43. The summed E-state index contributed by atoms with van der Waals surface area (Å²) in [5.41, 5.74) is 1.29. The van der Waals surface area contributed by atoms with Crippen LogP contribution in [0.25, 0.3) is 0 Å². The Kier molecular flexibility index (Phi) is 3.24. The molecule has 0 fully saturated rings. The summed E-state index contributed by atoms with van der Waals surface area (Å²) in [6.45, 7) is 1.79. The van der Waals surface area contributed by atoms with E-state index in [1.807, 2.05) is 6.07 Å². The fourth-order valence-electron chi connectivity index (χ4n) is 1.17. The van der Waals surface area contributed by atoms with Crippen molar-refractivity contribution in [3.8, 4) is 11.8 Å². The molecule has 3 heteroatoms. The number of rotatable bonds is 3. The predicted octanol–water partition coefficient (Wildman–Crippen LogP) is 1.87. The summed E-state index contributed by atoms with van der Waals surface area (Å²) in [4.78, 5) is 10.5. The number of nitriles is 1. The lowest BCUT2D eigenvalue weighted by molar-refractivity contribution is -0.108. The minimum absolute atomic E-state index is 0.187. The summed E-state index contributed by atoms with van der Waals surface area (Å²) in [6.07, 6.45) is 0.850. The Hall–Kier alpha value is -1.82. The monoisotopic (exact) mass is 189 g/mol. The van der Waals surface area contributed by atoms with Crippen LogP contribution in [0.5, 0.6) is 5.75 Å². The summed E-state index contributed by atoms with van der Waals surface area (Å²) in [5, 5.41) is 8.81. The van der Waals surface area contributed by atoms with Gasteiger partial charge in [0.05, 0.1) is 12.7 Å². The van der Waals surface area contributed by atoms with Crippen LogP contribution in [0.1, 0.15) is 24.0 Å². The first kappa shape index (κ1) is 10.3. The molecule has 0 heterocycles. The van der Waals surface area contributed by atoms with E-state index < -0.39 is 0 Å². The van der Waals surface area contributed by atoms with E-state index in [4.69, 9.17) is 10.00 Å². The molecule has 1 unspecified atom stereocenters. The van der Waals surface area contributed by atoms with Gasteiger partial charge in [-0.25, -0.2) is 0 Å². The number of benzene rings is 1. The molecular weight excluding hydrogens is 178 g/mol. The average Bonchev–Trinajstić information content (AvgIpc) is 2.26. The van der Waals surface area contributed by atoms with Crippen molar-refractivity contribution in [2.45, 2.75) is 12.8 Å². The third kappa shape index (κ3) is 1.91. The molecule has 0 saturated heterocycles. The third-order valence-corrected chi connectivity index (χ3v) is 2.07. The molecule has 0 aliphatic heterocycles. The standard InChI is InChI=1S/C11H11NO2/c1-8(7-13)9-3-4-11(14-2)10(5-9)6-12/h3-5,7-8H,1-2H3. The van der Waals surface area contributed by atoms with Gasteiger partial charge in [0.15, 0.2) is 0 Å². The van der Waals surface area contributed by atoms with Crippen molar-refractivity contribution in [2.24, 2.45) is 0 Å². The lowest BCUT2D eigenvalue weighted by Crippen LogP contribution is -1.96. The summed E-state index contributed by atoms with van der Waals surface area (Å²) in [6, 6.07) is 7.20. The molecule has 1 aromatic rings. The molecule has 1 aromatic carbocycles. The van der Waals surface area contributed by atoms with E-state index in [-0.39, 0.29) is 5.92 Å². The maximum atomic E-state index is 10.5. The Labute approximate surface area is 82.9 Å². The lowest BCUT2D eigenvalue weighted by Gasteiger charge is -2.07. The van der Waals surface area contributed by atoms with Crippen LogP contribution in [-0.4, -0.2) is 13.4 Å². The van der Waals surface area contributed by atoms with Crippen LogP contribution in [-0.2, 0) is 4.79 Å². The average molecular weight is 189 g/mol. The second-order valence-corrected chi connectivity index (χ2v) is 3.00. The van der Waals surface area contributed by atoms with E-state index in [1.54, 1.807) is 25.1 Å². The normalized spacial score (nSPS) is 11.5. The fraction of sp³-hybridized carbons (Fsp3) is 0.273. The van der Waals surface area contributed by atoms with Gasteiger partial charge in [-0.1, -0.05) is 13.0 Å². The number of ether oxygens (including phenoxy) is 1. The summed E-state index contributed by atoms with van der Waals surface area (Å²) in [5.74, 6) is 0.349. The highest BCUT2D eigenvalue weighted by Crippen LogP contribution is 2.22. The smallest absolute Gasteiger partial charge is 0.136 e. The van der Waals surface area contributed by atoms with Crippen LogP contribution in [0.3, 0.4) is 0 Å². The van der Waals surface area contributed by atoms with Gasteiger partial charge >= 0.3 is 0 Å². The minimum atomic E-state index is -0.187. The van der Waals surface area contributed by atoms with Crippen molar-refractivity contribution >= 4 is 6.29 Å². The Morgan fingerprint density at radius 2 is 2.29 bits per heavy atom. The van der Waals surface area contributed by atoms with Gasteiger partial charge < -0.3 is 9.53 Å². The van der Waals surface area contributed by atoms with Gasteiger partial charge in [0, 0.05) is 5.92 Å². The minimum Gasteiger partial charge on any atom is -0.495 e. The summed E-state index contributed by atoms with van der Waals surface area (Å²) < 4.78 is 4.99. The van der Waals surface area contributed by atoms with E-state index in [2.05, 4.69) is 0 Å². The quantitative estimate of drug-likeness (QED) is 0.682. The number of methoxy groups -OCH3 is 1. The largest absolute Gasteiger partial charge is 0.495 e. The van der Waals surface area contributed by atoms with Crippen molar-refractivity contribution in [3.05, 3.63) is 29.3 Å². The molecule has 1 atom stereocenters. The van der Waals surface area contributed by atoms with E-state index in [0.717, 1.165) is 11.8 Å². The van der Waals surface area contributed by atoms with Crippen molar-refractivity contribution in [3.63, 3.8) is 0 Å². The van der Waals surface area contributed by atoms with Crippen LogP contribution in [0.4, 0.5) is 0 Å². The molecule has 0 bridgehead atoms. The summed E-state index contributed by atoms with van der Waals surface area (Å²) in [7, 11) is 1.51. The molecule has 0 N–H and O–H groups in total. The Bertz CT molecular complexity index is 379. The van der Waals surface area contributed by atoms with Gasteiger partial charge in [0.1, 0.15) is 18.1 Å². The molecule has 0 aromatic heterocycles. The van der Waals surface area contributed by atoms with E-state index in [1.165, 1.54) is 7.11 Å². The number of hydrogen-bond acceptors (Lipinski definition) is 3. The van der Waals surface area contributed by atoms with E-state index in [0.29, 0.717) is 11.3 Å². The molecule has 14 heavy (non-hydrogen) atoms. The predicted molar refractivity (Wildman–Crippen MR) is 52.2 cm³/mol. The topological polar surface area (TPSA) is 50.1 Å². The molecular formula is C11H11NO2. The number of nitrogens with zero attached hydrogens (tertiary/aromatic N) is 1. The Morgan fingerprint density at radius 1 is 1.57 bits per heavy atom. The molecule has 0 saturated carbocycles.